The molecule has 1 heteroatoms. The molecule has 0 aliphatic heterocycles. The maximum Gasteiger partial charge on any atom is 0.0462 e. The van der Waals surface area contributed by atoms with Gasteiger partial charge >= 0.3 is 0 Å². The minimum absolute atomic E-state index is 1.09. The third-order valence-corrected chi connectivity index (χ3v) is 16.0. The lowest BCUT2D eigenvalue weighted by Gasteiger charge is -2.26. The molecule has 0 saturated heterocycles. The summed E-state index contributed by atoms with van der Waals surface area (Å²) in [6.45, 7) is 0. The zero-order valence-electron chi connectivity index (χ0n) is 42.2. The first-order valence-corrected chi connectivity index (χ1v) is 26.6. The molecule has 15 aromatic carbocycles. The molecular weight excluding hydrogens is 927 g/mol. The number of rotatable bonds is 8. The Kier molecular flexibility index (Phi) is 10.6. The molecule has 0 fully saturated rings. The van der Waals surface area contributed by atoms with E-state index in [1.165, 1.54) is 125 Å². The summed E-state index contributed by atoms with van der Waals surface area (Å²) >= 11 is 0. The van der Waals surface area contributed by atoms with Crippen molar-refractivity contribution in [3.8, 4) is 55.6 Å². The lowest BCUT2D eigenvalue weighted by Crippen LogP contribution is -2.09. The highest BCUT2D eigenvalue weighted by Crippen LogP contribution is 2.48. The van der Waals surface area contributed by atoms with E-state index in [9.17, 15) is 0 Å². The van der Waals surface area contributed by atoms with Gasteiger partial charge in [-0.05, 0) is 192 Å². The summed E-state index contributed by atoms with van der Waals surface area (Å²) in [7, 11) is 0. The number of benzene rings is 15. The van der Waals surface area contributed by atoms with E-state index in [-0.39, 0.29) is 0 Å². The molecule has 0 aromatic heterocycles. The Hall–Kier alpha value is -10.1. The highest BCUT2D eigenvalue weighted by atomic mass is 15.1. The largest absolute Gasteiger partial charge is 0.311 e. The van der Waals surface area contributed by atoms with Gasteiger partial charge in [0.2, 0.25) is 0 Å². The third-order valence-electron chi connectivity index (χ3n) is 16.0. The summed E-state index contributed by atoms with van der Waals surface area (Å²) in [5.41, 5.74) is 15.5. The van der Waals surface area contributed by atoms with Gasteiger partial charge in [-0.25, -0.2) is 0 Å². The van der Waals surface area contributed by atoms with Gasteiger partial charge in [-0.2, -0.15) is 0 Å². The Morgan fingerprint density at radius 2 is 0.442 bits per heavy atom. The highest BCUT2D eigenvalue weighted by molar-refractivity contribution is 6.24. The fourth-order valence-electron chi connectivity index (χ4n) is 12.4. The van der Waals surface area contributed by atoms with E-state index < -0.39 is 0 Å². The van der Waals surface area contributed by atoms with E-state index in [1.807, 2.05) is 0 Å². The normalized spacial score (nSPS) is 11.6. The quantitative estimate of drug-likeness (QED) is 0.137. The van der Waals surface area contributed by atoms with Crippen molar-refractivity contribution in [3.05, 3.63) is 297 Å². The summed E-state index contributed by atoms with van der Waals surface area (Å²) in [5, 5.41) is 17.4. The lowest BCUT2D eigenvalue weighted by atomic mass is 9.84. The van der Waals surface area contributed by atoms with Gasteiger partial charge in [-0.15, -0.1) is 0 Å². The molecule has 0 N–H and O–H groups in total. The fraction of sp³-hybridized carbons (Fsp3) is 0. The summed E-state index contributed by atoms with van der Waals surface area (Å²) in [4.78, 5) is 2.37. The Morgan fingerprint density at radius 1 is 0.156 bits per heavy atom. The lowest BCUT2D eigenvalue weighted by molar-refractivity contribution is 1.28. The van der Waals surface area contributed by atoms with Gasteiger partial charge in [0.25, 0.3) is 0 Å². The molecule has 0 aliphatic rings. The van der Waals surface area contributed by atoms with Crippen LogP contribution in [0, 0.1) is 0 Å². The number of hydrogen-bond acceptors (Lipinski definition) is 1. The molecule has 0 radical (unpaired) electrons. The van der Waals surface area contributed by atoms with Crippen LogP contribution in [0.3, 0.4) is 0 Å². The van der Waals surface area contributed by atoms with Crippen molar-refractivity contribution in [3.63, 3.8) is 0 Å². The molecule has 0 heterocycles. The average Bonchev–Trinajstić information content (AvgIpc) is 3.50. The van der Waals surface area contributed by atoms with Crippen LogP contribution in [0.15, 0.2) is 297 Å². The topological polar surface area (TPSA) is 3.24 Å². The summed E-state index contributed by atoms with van der Waals surface area (Å²) < 4.78 is 0. The smallest absolute Gasteiger partial charge is 0.0462 e. The van der Waals surface area contributed by atoms with Crippen molar-refractivity contribution >= 4 is 92.5 Å². The minimum atomic E-state index is 1.09. The molecule has 358 valence electrons. The Labute approximate surface area is 447 Å². The van der Waals surface area contributed by atoms with Crippen molar-refractivity contribution in [1.29, 1.82) is 0 Å². The Morgan fingerprint density at radius 3 is 0.857 bits per heavy atom. The second-order valence-electron chi connectivity index (χ2n) is 20.3. The second-order valence-corrected chi connectivity index (χ2v) is 20.3. The molecule has 0 unspecified atom stereocenters. The standard InChI is InChI=1S/C76H49N/c1-2-22-62(23-3-1)77(64-43-38-54(39-44-64)73-65-24-10-12-26-67(65)74(68-27-13-11-25-66(68)73)59-33-30-50-16-4-7-19-55(50)46-59)63-41-36-53(37-42-63)58-40-45-71-72(49-58)76(61-35-32-52-18-6-9-21-57(52)48-61)70-29-15-14-28-69(70)75(71)60-34-31-51-17-5-8-20-56(51)47-60/h1-49H. The van der Waals surface area contributed by atoms with E-state index in [4.69, 9.17) is 0 Å². The molecule has 15 aromatic rings. The average molecular weight is 976 g/mol. The first-order valence-electron chi connectivity index (χ1n) is 26.6. The molecular formula is C76H49N. The van der Waals surface area contributed by atoms with Crippen molar-refractivity contribution in [1.82, 2.24) is 0 Å². The van der Waals surface area contributed by atoms with Crippen molar-refractivity contribution in [2.75, 3.05) is 4.90 Å². The molecule has 0 amide bonds. The van der Waals surface area contributed by atoms with Gasteiger partial charge in [-0.3, -0.25) is 0 Å². The second kappa shape index (κ2) is 18.4. The summed E-state index contributed by atoms with van der Waals surface area (Å²) in [5.74, 6) is 0. The Balaban J connectivity index is 0.845. The van der Waals surface area contributed by atoms with Gasteiger partial charge in [0.05, 0.1) is 0 Å². The number of anilines is 3. The number of para-hydroxylation sites is 1. The summed E-state index contributed by atoms with van der Waals surface area (Å²) in [6, 6.07) is 110. The van der Waals surface area contributed by atoms with Crippen LogP contribution in [0.2, 0.25) is 0 Å². The van der Waals surface area contributed by atoms with Gasteiger partial charge in [0.1, 0.15) is 0 Å². The third kappa shape index (κ3) is 7.63. The van der Waals surface area contributed by atoms with Crippen molar-refractivity contribution < 1.29 is 0 Å². The molecule has 1 nitrogen and oxygen atoms in total. The summed E-state index contributed by atoms with van der Waals surface area (Å²) in [6.07, 6.45) is 0. The maximum absolute atomic E-state index is 2.43. The highest BCUT2D eigenvalue weighted by Gasteiger charge is 2.21. The van der Waals surface area contributed by atoms with Gasteiger partial charge in [-0.1, -0.05) is 237 Å². The fourth-order valence-corrected chi connectivity index (χ4v) is 12.4. The minimum Gasteiger partial charge on any atom is -0.311 e. The number of hydrogen-bond donors (Lipinski definition) is 0. The molecule has 77 heavy (non-hydrogen) atoms. The van der Waals surface area contributed by atoms with E-state index >= 15 is 0 Å². The number of nitrogens with zero attached hydrogens (tertiary/aromatic N) is 1. The van der Waals surface area contributed by atoms with Gasteiger partial charge in [0.15, 0.2) is 0 Å². The monoisotopic (exact) mass is 975 g/mol. The van der Waals surface area contributed by atoms with Crippen LogP contribution in [0.1, 0.15) is 0 Å². The van der Waals surface area contributed by atoms with Crippen LogP contribution in [0.5, 0.6) is 0 Å². The van der Waals surface area contributed by atoms with Crippen LogP contribution in [-0.4, -0.2) is 0 Å². The van der Waals surface area contributed by atoms with Gasteiger partial charge < -0.3 is 4.90 Å². The van der Waals surface area contributed by atoms with Crippen LogP contribution < -0.4 is 4.90 Å². The molecule has 0 spiro atoms. The van der Waals surface area contributed by atoms with E-state index in [1.54, 1.807) is 0 Å². The van der Waals surface area contributed by atoms with Gasteiger partial charge in [0, 0.05) is 17.1 Å². The SMILES string of the molecule is c1ccc(N(c2ccc(-c3ccc4c(-c5ccc6ccccc6c5)c5ccccc5c(-c5ccc6ccccc6c5)c4c3)cc2)c2ccc(-c3c4ccccc4c(-c4ccc5ccccc5c4)c4ccccc34)cc2)cc1. The van der Waals surface area contributed by atoms with Crippen LogP contribution >= 0.6 is 0 Å². The van der Waals surface area contributed by atoms with Crippen LogP contribution in [0.25, 0.3) is 131 Å². The van der Waals surface area contributed by atoms with Crippen molar-refractivity contribution in [2.45, 2.75) is 0 Å². The molecule has 15 rings (SSSR count). The zero-order chi connectivity index (χ0) is 50.8. The van der Waals surface area contributed by atoms with Crippen LogP contribution in [-0.2, 0) is 0 Å². The number of fused-ring (bicyclic) bond motifs is 7. The molecule has 0 aliphatic carbocycles. The predicted octanol–water partition coefficient (Wildman–Crippen LogP) is 21.6. The van der Waals surface area contributed by atoms with E-state index in [0.29, 0.717) is 0 Å². The predicted molar refractivity (Wildman–Crippen MR) is 331 cm³/mol. The van der Waals surface area contributed by atoms with E-state index in [2.05, 4.69) is 302 Å². The first-order chi connectivity index (χ1) is 38.2. The molecule has 0 bridgehead atoms. The van der Waals surface area contributed by atoms with Crippen LogP contribution in [0.4, 0.5) is 17.1 Å². The maximum atomic E-state index is 2.43. The first kappa shape index (κ1) is 44.4. The molecule has 0 saturated carbocycles. The van der Waals surface area contributed by atoms with E-state index in [0.717, 1.165) is 22.6 Å². The molecule has 0 atom stereocenters. The zero-order valence-corrected chi connectivity index (χ0v) is 42.2. The van der Waals surface area contributed by atoms with Crippen molar-refractivity contribution in [2.24, 2.45) is 0 Å². The Bertz CT molecular complexity index is 4720.